The van der Waals surface area contributed by atoms with Crippen molar-refractivity contribution in [3.63, 3.8) is 0 Å². The number of benzene rings is 1. The molecule has 2 heterocycles. The van der Waals surface area contributed by atoms with E-state index in [1.165, 1.54) is 12.1 Å². The molecule has 4 rings (SSSR count). The van der Waals surface area contributed by atoms with Crippen LogP contribution in [0.25, 0.3) is 5.69 Å². The van der Waals surface area contributed by atoms with Crippen molar-refractivity contribution in [3.05, 3.63) is 40.9 Å². The summed E-state index contributed by atoms with van der Waals surface area (Å²) in [5.41, 5.74) is 0.784. The van der Waals surface area contributed by atoms with Crippen LogP contribution in [0.4, 0.5) is 4.39 Å². The topological polar surface area (TPSA) is 71.2 Å². The largest absolute Gasteiger partial charge is 0.481 e. The molecular weight excluding hydrogens is 347 g/mol. The monoisotopic (exact) mass is 364 g/mol. The SMILES string of the molecule is O=C(O)[C@@]12CCC[C@H]1CN(Cc1cn(-c3ccc(F)c(Cl)c3)nn1)C2. The molecule has 0 bridgehead atoms. The third-order valence-electron chi connectivity index (χ3n) is 5.46. The van der Waals surface area contributed by atoms with E-state index in [1.807, 2.05) is 0 Å². The molecule has 1 saturated heterocycles. The third kappa shape index (κ3) is 2.81. The molecule has 2 fully saturated rings. The van der Waals surface area contributed by atoms with E-state index in [0.717, 1.165) is 31.5 Å². The van der Waals surface area contributed by atoms with Gasteiger partial charge in [-0.3, -0.25) is 9.69 Å². The van der Waals surface area contributed by atoms with Crippen LogP contribution in [0.2, 0.25) is 5.02 Å². The number of aliphatic carboxylic acids is 1. The number of aromatic nitrogens is 3. The van der Waals surface area contributed by atoms with E-state index in [0.29, 0.717) is 18.8 Å². The van der Waals surface area contributed by atoms with Gasteiger partial charge in [-0.05, 0) is 37.0 Å². The average molecular weight is 365 g/mol. The molecule has 1 aliphatic carbocycles. The lowest BCUT2D eigenvalue weighted by Gasteiger charge is -2.23. The zero-order valence-corrected chi connectivity index (χ0v) is 14.3. The quantitative estimate of drug-likeness (QED) is 0.903. The molecule has 1 aliphatic heterocycles. The summed E-state index contributed by atoms with van der Waals surface area (Å²) in [6.45, 7) is 1.89. The molecule has 25 heavy (non-hydrogen) atoms. The van der Waals surface area contributed by atoms with Crippen LogP contribution >= 0.6 is 11.6 Å². The van der Waals surface area contributed by atoms with Crippen molar-refractivity contribution in [1.82, 2.24) is 19.9 Å². The summed E-state index contributed by atoms with van der Waals surface area (Å²) in [5.74, 6) is -0.939. The smallest absolute Gasteiger partial charge is 0.311 e. The molecule has 0 radical (unpaired) electrons. The molecule has 1 aromatic carbocycles. The highest BCUT2D eigenvalue weighted by molar-refractivity contribution is 6.30. The molecular formula is C17H18ClFN4O2. The molecule has 1 N–H and O–H groups in total. The van der Waals surface area contributed by atoms with Gasteiger partial charge in [0.15, 0.2) is 0 Å². The maximum atomic E-state index is 13.3. The van der Waals surface area contributed by atoms with Crippen LogP contribution in [0.15, 0.2) is 24.4 Å². The number of likely N-dealkylation sites (tertiary alicyclic amines) is 1. The molecule has 2 aliphatic rings. The van der Waals surface area contributed by atoms with Crippen molar-refractivity contribution in [1.29, 1.82) is 0 Å². The minimum absolute atomic E-state index is 0.0327. The molecule has 1 saturated carbocycles. The van der Waals surface area contributed by atoms with Crippen LogP contribution in [0.5, 0.6) is 0 Å². The van der Waals surface area contributed by atoms with Gasteiger partial charge in [0.05, 0.1) is 28.0 Å². The summed E-state index contributed by atoms with van der Waals surface area (Å²) >= 11 is 5.81. The molecule has 1 aromatic heterocycles. The van der Waals surface area contributed by atoms with Crippen LogP contribution in [0, 0.1) is 17.2 Å². The van der Waals surface area contributed by atoms with E-state index >= 15 is 0 Å². The van der Waals surface area contributed by atoms with E-state index in [1.54, 1.807) is 16.9 Å². The molecule has 0 amide bonds. The molecule has 2 aromatic rings. The minimum atomic E-state index is -0.679. The predicted molar refractivity (Wildman–Crippen MR) is 89.0 cm³/mol. The second kappa shape index (κ2) is 6.07. The summed E-state index contributed by atoms with van der Waals surface area (Å²) < 4.78 is 14.8. The van der Waals surface area contributed by atoms with Gasteiger partial charge in [-0.2, -0.15) is 0 Å². The van der Waals surface area contributed by atoms with Crippen LogP contribution in [0.3, 0.4) is 0 Å². The maximum Gasteiger partial charge on any atom is 0.311 e. The van der Waals surface area contributed by atoms with E-state index in [2.05, 4.69) is 15.2 Å². The number of nitrogens with zero attached hydrogens (tertiary/aromatic N) is 4. The maximum absolute atomic E-state index is 13.3. The van der Waals surface area contributed by atoms with Crippen LogP contribution in [-0.4, -0.2) is 44.1 Å². The number of carboxylic acids is 1. The van der Waals surface area contributed by atoms with Crippen LogP contribution in [-0.2, 0) is 11.3 Å². The van der Waals surface area contributed by atoms with Gasteiger partial charge in [0.2, 0.25) is 0 Å². The van der Waals surface area contributed by atoms with Crippen molar-refractivity contribution in [3.8, 4) is 5.69 Å². The number of carboxylic acid groups (broad SMARTS) is 1. The van der Waals surface area contributed by atoms with Gasteiger partial charge >= 0.3 is 5.97 Å². The standard InChI is InChI=1S/C17H18ClFN4O2/c18-14-6-13(3-4-15(14)19)23-9-12(20-21-23)8-22-7-11-2-1-5-17(11,10-22)16(24)25/h3-4,6,9,11H,1-2,5,7-8,10H2,(H,24,25)/t11-,17+/m0/s1. The first kappa shape index (κ1) is 16.5. The van der Waals surface area contributed by atoms with Crippen molar-refractivity contribution >= 4 is 17.6 Å². The fourth-order valence-corrected chi connectivity index (χ4v) is 4.39. The van der Waals surface area contributed by atoms with E-state index in [4.69, 9.17) is 11.6 Å². The Labute approximate surface area is 149 Å². The zero-order valence-electron chi connectivity index (χ0n) is 13.5. The zero-order chi connectivity index (χ0) is 17.6. The van der Waals surface area contributed by atoms with Gasteiger partial charge in [0.1, 0.15) is 5.82 Å². The fraction of sp³-hybridized carbons (Fsp3) is 0.471. The normalized spacial score (nSPS) is 26.1. The van der Waals surface area contributed by atoms with Gasteiger partial charge < -0.3 is 5.11 Å². The Morgan fingerprint density at radius 2 is 2.32 bits per heavy atom. The van der Waals surface area contributed by atoms with Gasteiger partial charge in [-0.15, -0.1) is 5.10 Å². The van der Waals surface area contributed by atoms with E-state index in [-0.39, 0.29) is 10.9 Å². The second-order valence-electron chi connectivity index (χ2n) is 6.97. The van der Waals surface area contributed by atoms with E-state index < -0.39 is 17.2 Å². The lowest BCUT2D eigenvalue weighted by molar-refractivity contribution is -0.149. The van der Waals surface area contributed by atoms with Crippen molar-refractivity contribution in [2.45, 2.75) is 25.8 Å². The van der Waals surface area contributed by atoms with E-state index in [9.17, 15) is 14.3 Å². The first-order valence-corrected chi connectivity index (χ1v) is 8.68. The Hall–Kier alpha value is -1.99. The summed E-state index contributed by atoms with van der Waals surface area (Å²) in [4.78, 5) is 13.9. The average Bonchev–Trinajstić information content (AvgIpc) is 3.24. The van der Waals surface area contributed by atoms with Gasteiger partial charge in [0, 0.05) is 19.6 Å². The number of hydrogen-bond acceptors (Lipinski definition) is 4. The lowest BCUT2D eigenvalue weighted by atomic mass is 9.81. The fourth-order valence-electron chi connectivity index (χ4n) is 4.22. The molecule has 2 atom stereocenters. The summed E-state index contributed by atoms with van der Waals surface area (Å²) in [6, 6.07) is 4.37. The number of fused-ring (bicyclic) bond motifs is 1. The van der Waals surface area contributed by atoms with Gasteiger partial charge in [-0.1, -0.05) is 23.2 Å². The number of rotatable bonds is 4. The van der Waals surface area contributed by atoms with Crippen molar-refractivity contribution < 1.29 is 14.3 Å². The summed E-state index contributed by atoms with van der Waals surface area (Å²) in [5, 5.41) is 17.9. The minimum Gasteiger partial charge on any atom is -0.481 e. The van der Waals surface area contributed by atoms with Gasteiger partial charge in [-0.25, -0.2) is 9.07 Å². The predicted octanol–water partition coefficient (Wildman–Crippen LogP) is 2.75. The summed E-state index contributed by atoms with van der Waals surface area (Å²) in [6.07, 6.45) is 4.49. The number of carbonyl (C=O) groups is 1. The summed E-state index contributed by atoms with van der Waals surface area (Å²) in [7, 11) is 0. The molecule has 8 heteroatoms. The highest BCUT2D eigenvalue weighted by atomic mass is 35.5. The molecule has 0 unspecified atom stereocenters. The first-order valence-electron chi connectivity index (χ1n) is 8.30. The highest BCUT2D eigenvalue weighted by Gasteiger charge is 2.54. The first-order chi connectivity index (χ1) is 12.0. The lowest BCUT2D eigenvalue weighted by Crippen LogP contribution is -2.35. The Morgan fingerprint density at radius 1 is 1.48 bits per heavy atom. The Kier molecular flexibility index (Phi) is 4.00. The Morgan fingerprint density at radius 3 is 3.04 bits per heavy atom. The number of hydrogen-bond donors (Lipinski definition) is 1. The molecule has 132 valence electrons. The van der Waals surface area contributed by atoms with Crippen LogP contribution in [0.1, 0.15) is 25.0 Å². The highest BCUT2D eigenvalue weighted by Crippen LogP contribution is 2.49. The van der Waals surface area contributed by atoms with Crippen molar-refractivity contribution in [2.24, 2.45) is 11.3 Å². The molecule has 0 spiro atoms. The second-order valence-corrected chi connectivity index (χ2v) is 7.38. The third-order valence-corrected chi connectivity index (χ3v) is 5.75. The van der Waals surface area contributed by atoms with Gasteiger partial charge in [0.25, 0.3) is 0 Å². The number of halogens is 2. The Balaban J connectivity index is 1.49. The van der Waals surface area contributed by atoms with Crippen LogP contribution < -0.4 is 0 Å². The Bertz CT molecular complexity index is 827. The van der Waals surface area contributed by atoms with Crippen molar-refractivity contribution in [2.75, 3.05) is 13.1 Å². The molecule has 6 nitrogen and oxygen atoms in total.